The molecule has 1 aromatic rings. The van der Waals surface area contributed by atoms with Gasteiger partial charge < -0.3 is 0 Å². The highest BCUT2D eigenvalue weighted by atomic mass is 16.1. The summed E-state index contributed by atoms with van der Waals surface area (Å²) in [7, 11) is 0. The van der Waals surface area contributed by atoms with Crippen LogP contribution in [-0.4, -0.2) is 6.08 Å². The number of benzene rings is 1. The molecule has 0 aromatic heterocycles. The van der Waals surface area contributed by atoms with Gasteiger partial charge in [0.2, 0.25) is 6.08 Å². The third kappa shape index (κ3) is 3.54. The van der Waals surface area contributed by atoms with Crippen LogP contribution in [0.4, 0.5) is 5.69 Å². The molecule has 0 saturated heterocycles. The number of aliphatic imine (C=N–C) groups is 1. The Balaban J connectivity index is 3.44. The minimum atomic E-state index is 0.0500. The smallest absolute Gasteiger partial charge is 0.211 e. The molecular formula is C15H21NO. The normalized spacial score (nSPS) is 12.1. The van der Waals surface area contributed by atoms with Gasteiger partial charge in [0.15, 0.2) is 0 Å². The van der Waals surface area contributed by atoms with Crippen molar-refractivity contribution in [2.24, 2.45) is 4.99 Å². The topological polar surface area (TPSA) is 29.4 Å². The van der Waals surface area contributed by atoms with Gasteiger partial charge >= 0.3 is 0 Å². The van der Waals surface area contributed by atoms with Crippen molar-refractivity contribution in [1.82, 2.24) is 0 Å². The van der Waals surface area contributed by atoms with Gasteiger partial charge in [-0.25, -0.2) is 4.79 Å². The average Bonchev–Trinajstić information content (AvgIpc) is 2.15. The van der Waals surface area contributed by atoms with E-state index in [2.05, 4.69) is 52.6 Å². The lowest BCUT2D eigenvalue weighted by atomic mass is 9.80. The number of isocyanates is 1. The molecule has 0 aliphatic heterocycles. The molecule has 0 atom stereocenters. The van der Waals surface area contributed by atoms with Crippen molar-refractivity contribution in [2.45, 2.75) is 52.4 Å². The molecule has 0 amide bonds. The van der Waals surface area contributed by atoms with Crippen LogP contribution in [0.15, 0.2) is 23.2 Å². The van der Waals surface area contributed by atoms with Crippen LogP contribution in [0.5, 0.6) is 0 Å². The molecule has 92 valence electrons. The number of hydrogen-bond donors (Lipinski definition) is 0. The maximum Gasteiger partial charge on any atom is 0.240 e. The molecule has 0 aliphatic carbocycles. The van der Waals surface area contributed by atoms with E-state index < -0.39 is 0 Å². The Kier molecular flexibility index (Phi) is 3.59. The summed E-state index contributed by atoms with van der Waals surface area (Å²) in [5, 5.41) is 0. The van der Waals surface area contributed by atoms with Crippen LogP contribution < -0.4 is 0 Å². The lowest BCUT2D eigenvalue weighted by Crippen LogP contribution is -2.16. The van der Waals surface area contributed by atoms with Gasteiger partial charge in [-0.1, -0.05) is 47.6 Å². The molecule has 1 aromatic carbocycles. The fraction of sp³-hybridized carbons (Fsp3) is 0.533. The molecule has 0 bridgehead atoms. The van der Waals surface area contributed by atoms with Gasteiger partial charge in [0.05, 0.1) is 5.69 Å². The van der Waals surface area contributed by atoms with Crippen molar-refractivity contribution in [1.29, 1.82) is 0 Å². The molecule has 0 radical (unpaired) electrons. The van der Waals surface area contributed by atoms with E-state index >= 15 is 0 Å². The van der Waals surface area contributed by atoms with Gasteiger partial charge in [-0.2, -0.15) is 4.99 Å². The van der Waals surface area contributed by atoms with Gasteiger partial charge in [0.25, 0.3) is 0 Å². The molecule has 0 heterocycles. The Labute approximate surface area is 104 Å². The quantitative estimate of drug-likeness (QED) is 0.525. The molecule has 0 fully saturated rings. The molecule has 2 nitrogen and oxygen atoms in total. The summed E-state index contributed by atoms with van der Waals surface area (Å²) < 4.78 is 0. The molecule has 0 aliphatic rings. The van der Waals surface area contributed by atoms with Gasteiger partial charge in [0.1, 0.15) is 0 Å². The van der Waals surface area contributed by atoms with E-state index in [1.165, 1.54) is 11.1 Å². The molecule has 0 saturated carbocycles. The van der Waals surface area contributed by atoms with E-state index in [0.29, 0.717) is 5.69 Å². The van der Waals surface area contributed by atoms with Gasteiger partial charge in [0, 0.05) is 0 Å². The highest BCUT2D eigenvalue weighted by molar-refractivity contribution is 5.53. The highest BCUT2D eigenvalue weighted by Gasteiger charge is 2.20. The van der Waals surface area contributed by atoms with Crippen molar-refractivity contribution >= 4 is 11.8 Å². The second-order valence-corrected chi connectivity index (χ2v) is 6.47. The molecular weight excluding hydrogens is 210 g/mol. The Morgan fingerprint density at radius 1 is 0.882 bits per heavy atom. The van der Waals surface area contributed by atoms with E-state index in [1.807, 2.05) is 12.1 Å². The summed E-state index contributed by atoms with van der Waals surface area (Å²) in [6.07, 6.45) is 1.62. The molecule has 0 unspecified atom stereocenters. The first kappa shape index (κ1) is 13.7. The second-order valence-electron chi connectivity index (χ2n) is 6.47. The Morgan fingerprint density at radius 2 is 1.29 bits per heavy atom. The summed E-state index contributed by atoms with van der Waals surface area (Å²) in [6, 6.07) is 6.12. The summed E-state index contributed by atoms with van der Waals surface area (Å²) in [4.78, 5) is 14.2. The predicted molar refractivity (Wildman–Crippen MR) is 71.6 cm³/mol. The number of rotatable bonds is 1. The predicted octanol–water partition coefficient (Wildman–Crippen LogP) is 4.25. The number of carbonyl (C=O) groups excluding carboxylic acids is 1. The van der Waals surface area contributed by atoms with Crippen molar-refractivity contribution < 1.29 is 4.79 Å². The maximum absolute atomic E-state index is 10.4. The fourth-order valence-electron chi connectivity index (χ4n) is 1.59. The molecule has 0 N–H and O–H groups in total. The van der Waals surface area contributed by atoms with Crippen LogP contribution in [0.2, 0.25) is 0 Å². The summed E-state index contributed by atoms with van der Waals surface area (Å²) in [5.41, 5.74) is 3.18. The van der Waals surface area contributed by atoms with E-state index in [-0.39, 0.29) is 10.8 Å². The zero-order chi connectivity index (χ0) is 13.3. The van der Waals surface area contributed by atoms with Crippen molar-refractivity contribution in [3.8, 4) is 0 Å². The van der Waals surface area contributed by atoms with Crippen LogP contribution in [0, 0.1) is 0 Å². The van der Waals surface area contributed by atoms with Crippen LogP contribution in [0.3, 0.4) is 0 Å². The molecule has 0 spiro atoms. The van der Waals surface area contributed by atoms with E-state index in [1.54, 1.807) is 6.08 Å². The lowest BCUT2D eigenvalue weighted by molar-refractivity contribution is 0.563. The minimum absolute atomic E-state index is 0.0500. The Hall–Kier alpha value is -1.40. The van der Waals surface area contributed by atoms with E-state index in [4.69, 9.17) is 0 Å². The minimum Gasteiger partial charge on any atom is -0.211 e. The first-order valence-corrected chi connectivity index (χ1v) is 5.88. The summed E-state index contributed by atoms with van der Waals surface area (Å²) >= 11 is 0. The van der Waals surface area contributed by atoms with E-state index in [9.17, 15) is 4.79 Å². The van der Waals surface area contributed by atoms with Gasteiger partial charge in [-0.15, -0.1) is 0 Å². The zero-order valence-electron chi connectivity index (χ0n) is 11.6. The number of nitrogens with zero attached hydrogens (tertiary/aromatic N) is 1. The van der Waals surface area contributed by atoms with Crippen LogP contribution >= 0.6 is 0 Å². The van der Waals surface area contributed by atoms with Crippen molar-refractivity contribution in [3.05, 3.63) is 29.3 Å². The number of hydrogen-bond acceptors (Lipinski definition) is 2. The van der Waals surface area contributed by atoms with Gasteiger partial charge in [-0.05, 0) is 34.1 Å². The average molecular weight is 231 g/mol. The molecule has 17 heavy (non-hydrogen) atoms. The van der Waals surface area contributed by atoms with Crippen LogP contribution in [0.1, 0.15) is 52.7 Å². The Morgan fingerprint density at radius 3 is 1.59 bits per heavy atom. The fourth-order valence-corrected chi connectivity index (χ4v) is 1.59. The highest BCUT2D eigenvalue weighted by Crippen LogP contribution is 2.32. The second kappa shape index (κ2) is 4.46. The lowest BCUT2D eigenvalue weighted by Gasteiger charge is -2.25. The SMILES string of the molecule is CC(C)(C)c1cc(N=C=O)cc(C(C)(C)C)c1. The first-order valence-electron chi connectivity index (χ1n) is 5.88. The third-order valence-electron chi connectivity index (χ3n) is 2.82. The van der Waals surface area contributed by atoms with Crippen molar-refractivity contribution in [2.75, 3.05) is 0 Å². The first-order chi connectivity index (χ1) is 7.64. The standard InChI is InChI=1S/C15H21NO/c1-14(2,3)11-7-12(15(4,5)6)9-13(8-11)16-10-17/h7-9H,1-6H3. The van der Waals surface area contributed by atoms with Crippen LogP contribution in [0.25, 0.3) is 0 Å². The van der Waals surface area contributed by atoms with E-state index in [0.717, 1.165) is 0 Å². The maximum atomic E-state index is 10.4. The van der Waals surface area contributed by atoms with Crippen LogP contribution in [-0.2, 0) is 15.6 Å². The monoisotopic (exact) mass is 231 g/mol. The molecule has 2 heteroatoms. The third-order valence-corrected chi connectivity index (χ3v) is 2.82. The largest absolute Gasteiger partial charge is 0.240 e. The Bertz CT molecular complexity index is 423. The van der Waals surface area contributed by atoms with Crippen molar-refractivity contribution in [3.63, 3.8) is 0 Å². The summed E-state index contributed by atoms with van der Waals surface area (Å²) in [6.45, 7) is 12.9. The van der Waals surface area contributed by atoms with Gasteiger partial charge in [-0.3, -0.25) is 0 Å². The molecule has 1 rings (SSSR count). The zero-order valence-corrected chi connectivity index (χ0v) is 11.6. The summed E-state index contributed by atoms with van der Waals surface area (Å²) in [5.74, 6) is 0.